The zero-order chi connectivity index (χ0) is 24.8. The van der Waals surface area contributed by atoms with Gasteiger partial charge in [0, 0.05) is 14.6 Å². The van der Waals surface area contributed by atoms with Crippen LogP contribution in [0.1, 0.15) is 99.5 Å². The van der Waals surface area contributed by atoms with Crippen LogP contribution >= 0.6 is 0 Å². The zero-order valence-electron chi connectivity index (χ0n) is 23.0. The number of rotatable bonds is 4. The molecule has 0 radical (unpaired) electrons. The van der Waals surface area contributed by atoms with Gasteiger partial charge in [-0.2, -0.15) is 0 Å². The van der Waals surface area contributed by atoms with E-state index in [0.717, 1.165) is 32.1 Å². The van der Waals surface area contributed by atoms with Crippen LogP contribution < -0.4 is 0 Å². The second-order valence-corrected chi connectivity index (χ2v) is 10.4. The SMILES string of the molecule is [2H]C([2H])(C[C@@H](C)[C@H]1CC[C@H]2[C@@H]3CC[C@@H]4C([2H])([2H])[C@@H](O)C([2H])([2H])C[C@]4(C)[C@H]3CC[C@]12C)C(=O)O. The molecule has 0 aromatic heterocycles. The summed E-state index contributed by atoms with van der Waals surface area (Å²) in [6.07, 6.45) is -2.18. The average molecular weight is 383 g/mol. The highest BCUT2D eigenvalue weighted by molar-refractivity contribution is 5.66. The van der Waals surface area contributed by atoms with Crippen LogP contribution in [0.4, 0.5) is 0 Å². The molecule has 4 aliphatic carbocycles. The van der Waals surface area contributed by atoms with E-state index in [2.05, 4.69) is 13.8 Å². The molecule has 0 unspecified atom stereocenters. The minimum Gasteiger partial charge on any atom is -0.481 e. The lowest BCUT2D eigenvalue weighted by atomic mass is 9.44. The van der Waals surface area contributed by atoms with E-state index in [-0.39, 0.29) is 41.9 Å². The number of hydrogen-bond acceptors (Lipinski definition) is 2. The van der Waals surface area contributed by atoms with Gasteiger partial charge in [0.15, 0.2) is 0 Å². The van der Waals surface area contributed by atoms with Crippen molar-refractivity contribution in [2.45, 2.75) is 97.4 Å². The third-order valence-corrected chi connectivity index (χ3v) is 9.24. The molecule has 2 N–H and O–H groups in total. The van der Waals surface area contributed by atoms with Crippen LogP contribution in [-0.2, 0) is 4.79 Å². The van der Waals surface area contributed by atoms with E-state index in [4.69, 9.17) is 8.22 Å². The fourth-order valence-corrected chi connectivity index (χ4v) is 7.92. The first-order valence-corrected chi connectivity index (χ1v) is 10.9. The van der Waals surface area contributed by atoms with Gasteiger partial charge in [-0.3, -0.25) is 4.79 Å². The normalized spacial score (nSPS) is 57.9. The number of carboxylic acid groups (broad SMARTS) is 1. The Kier molecular flexibility index (Phi) is 3.55. The third kappa shape index (κ3) is 3.16. The molecule has 4 aliphatic rings. The predicted molar refractivity (Wildman–Crippen MR) is 107 cm³/mol. The van der Waals surface area contributed by atoms with Crippen LogP contribution in [0.5, 0.6) is 0 Å². The fourth-order valence-electron chi connectivity index (χ4n) is 7.92. The van der Waals surface area contributed by atoms with Gasteiger partial charge in [-0.15, -0.1) is 0 Å². The van der Waals surface area contributed by atoms with Crippen LogP contribution in [0.3, 0.4) is 0 Å². The molecule has 0 aromatic rings. The highest BCUT2D eigenvalue weighted by Gasteiger charge is 2.60. The van der Waals surface area contributed by atoms with E-state index < -0.39 is 36.6 Å². The summed E-state index contributed by atoms with van der Waals surface area (Å²) in [4.78, 5) is 11.4. The lowest BCUT2D eigenvalue weighted by molar-refractivity contribution is -0.138. The molecule has 4 rings (SSSR count). The summed E-state index contributed by atoms with van der Waals surface area (Å²) in [5.41, 5.74) is -0.494. The van der Waals surface area contributed by atoms with Crippen LogP contribution in [-0.4, -0.2) is 22.3 Å². The van der Waals surface area contributed by atoms with E-state index in [1.807, 2.05) is 6.92 Å². The van der Waals surface area contributed by atoms with Gasteiger partial charge in [0.05, 0.1) is 6.10 Å². The monoisotopic (exact) mass is 382 g/mol. The number of aliphatic hydroxyl groups excluding tert-OH is 1. The van der Waals surface area contributed by atoms with Gasteiger partial charge in [-0.25, -0.2) is 0 Å². The minimum absolute atomic E-state index is 0.00454. The fraction of sp³-hybridized carbons (Fsp3) is 0.958. The molecule has 3 nitrogen and oxygen atoms in total. The first kappa shape index (κ1) is 13.6. The maximum absolute atomic E-state index is 11.4. The largest absolute Gasteiger partial charge is 0.481 e. The van der Waals surface area contributed by atoms with Gasteiger partial charge in [0.1, 0.15) is 0 Å². The second kappa shape index (κ2) is 7.04. The summed E-state index contributed by atoms with van der Waals surface area (Å²) in [6, 6.07) is 0. The van der Waals surface area contributed by atoms with Crippen molar-refractivity contribution in [3.8, 4) is 0 Å². The molecular formula is C24H40O3. The summed E-state index contributed by atoms with van der Waals surface area (Å²) in [5, 5.41) is 19.8. The van der Waals surface area contributed by atoms with E-state index in [1.165, 1.54) is 0 Å². The third-order valence-electron chi connectivity index (χ3n) is 9.24. The van der Waals surface area contributed by atoms with Crippen molar-refractivity contribution in [3.05, 3.63) is 0 Å². The highest BCUT2D eigenvalue weighted by atomic mass is 16.4. The molecule has 0 spiro atoms. The van der Waals surface area contributed by atoms with Crippen molar-refractivity contribution in [1.82, 2.24) is 0 Å². The van der Waals surface area contributed by atoms with Crippen molar-refractivity contribution in [2.24, 2.45) is 46.3 Å². The first-order chi connectivity index (χ1) is 15.0. The Labute approximate surface area is 173 Å². The smallest absolute Gasteiger partial charge is 0.303 e. The zero-order valence-corrected chi connectivity index (χ0v) is 17.0. The van der Waals surface area contributed by atoms with Crippen molar-refractivity contribution in [3.63, 3.8) is 0 Å². The summed E-state index contributed by atoms with van der Waals surface area (Å²) in [7, 11) is 0. The molecule has 0 bridgehead atoms. The van der Waals surface area contributed by atoms with Crippen molar-refractivity contribution in [2.75, 3.05) is 0 Å². The maximum atomic E-state index is 11.4. The quantitative estimate of drug-likeness (QED) is 0.674. The number of fused-ring (bicyclic) bond motifs is 5. The number of hydrogen-bond donors (Lipinski definition) is 2. The molecule has 0 aliphatic heterocycles. The van der Waals surface area contributed by atoms with Crippen LogP contribution in [0, 0.1) is 46.3 Å². The minimum atomic E-state index is -2.23. The first-order valence-electron chi connectivity index (χ1n) is 13.9. The lowest BCUT2D eigenvalue weighted by Crippen LogP contribution is -2.54. The lowest BCUT2D eigenvalue weighted by Gasteiger charge is -2.61. The summed E-state index contributed by atoms with van der Waals surface area (Å²) in [6.45, 7) is 6.36. The van der Waals surface area contributed by atoms with Gasteiger partial charge >= 0.3 is 5.97 Å². The Morgan fingerprint density at radius 3 is 2.63 bits per heavy atom. The van der Waals surface area contributed by atoms with E-state index in [9.17, 15) is 15.0 Å². The number of carbonyl (C=O) groups is 1. The molecular weight excluding hydrogens is 336 g/mol. The maximum Gasteiger partial charge on any atom is 0.303 e. The molecule has 0 heterocycles. The Hall–Kier alpha value is -0.570. The van der Waals surface area contributed by atoms with E-state index in [0.29, 0.717) is 18.3 Å². The van der Waals surface area contributed by atoms with Gasteiger partial charge in [-0.1, -0.05) is 20.8 Å². The van der Waals surface area contributed by atoms with Gasteiger partial charge in [0.25, 0.3) is 0 Å². The van der Waals surface area contributed by atoms with Gasteiger partial charge in [0.2, 0.25) is 0 Å². The highest BCUT2D eigenvalue weighted by Crippen LogP contribution is 2.68. The molecule has 0 saturated heterocycles. The summed E-state index contributed by atoms with van der Waals surface area (Å²) < 4.78 is 49.9. The average Bonchev–Trinajstić information content (AvgIpc) is 3.03. The predicted octanol–water partition coefficient (Wildman–Crippen LogP) is 5.51. The van der Waals surface area contributed by atoms with Crippen molar-refractivity contribution in [1.29, 1.82) is 0 Å². The Bertz CT molecular complexity index is 803. The molecule has 0 amide bonds. The number of carboxylic acids is 1. The molecule has 4 fully saturated rings. The van der Waals surface area contributed by atoms with Gasteiger partial charge < -0.3 is 10.2 Å². The van der Waals surface area contributed by atoms with Crippen LogP contribution in [0.2, 0.25) is 0 Å². The molecule has 0 aromatic carbocycles. The second-order valence-electron chi connectivity index (χ2n) is 10.4. The molecule has 3 heteroatoms. The Morgan fingerprint density at radius 1 is 1.15 bits per heavy atom. The van der Waals surface area contributed by atoms with Crippen molar-refractivity contribution < 1.29 is 23.2 Å². The molecule has 154 valence electrons. The standard InChI is InChI=1S/C24H40O3/c1-15(4-9-22(26)27)19-7-8-20-18-6-5-16-14-17(25)10-12-23(16,2)21(18)11-13-24(19,20)3/h15-21,25H,4-14H2,1-3H3,(H,26,27)/t15-,16-,17+,18+,19-,20+,21+,23+,24-/m1/s1/i9D2,10D2,14D2. The van der Waals surface area contributed by atoms with Crippen LogP contribution in [0.25, 0.3) is 0 Å². The van der Waals surface area contributed by atoms with E-state index in [1.54, 1.807) is 0 Å². The van der Waals surface area contributed by atoms with Gasteiger partial charge in [-0.05, 0) is 110 Å². The van der Waals surface area contributed by atoms with E-state index >= 15 is 0 Å². The molecule has 27 heavy (non-hydrogen) atoms. The molecule has 4 saturated carbocycles. The molecule has 9 atom stereocenters. The summed E-state index contributed by atoms with van der Waals surface area (Å²) >= 11 is 0. The Morgan fingerprint density at radius 2 is 1.89 bits per heavy atom. The van der Waals surface area contributed by atoms with Crippen molar-refractivity contribution >= 4 is 5.97 Å². The number of aliphatic hydroxyl groups is 1. The number of aliphatic carboxylic acids is 1. The topological polar surface area (TPSA) is 57.5 Å². The Balaban J connectivity index is 1.59. The van der Waals surface area contributed by atoms with Crippen LogP contribution in [0.15, 0.2) is 0 Å². The summed E-state index contributed by atoms with van der Waals surface area (Å²) in [5.74, 6) is -0.523.